The van der Waals surface area contributed by atoms with Gasteiger partial charge in [-0.05, 0) is 49.4 Å². The van der Waals surface area contributed by atoms with Crippen LogP contribution in [0.4, 0.5) is 10.2 Å². The maximum absolute atomic E-state index is 14.2. The molecule has 2 aromatic heterocycles. The molecule has 1 aliphatic heterocycles. The highest BCUT2D eigenvalue weighted by molar-refractivity contribution is 5.85. The van der Waals surface area contributed by atoms with Crippen molar-refractivity contribution in [1.29, 1.82) is 0 Å². The molecule has 1 aliphatic rings. The van der Waals surface area contributed by atoms with Gasteiger partial charge in [-0.3, -0.25) is 4.90 Å². The number of hydrogen-bond acceptors (Lipinski definition) is 6. The molecule has 0 saturated carbocycles. The van der Waals surface area contributed by atoms with Crippen molar-refractivity contribution in [3.63, 3.8) is 0 Å². The Morgan fingerprint density at radius 1 is 1.27 bits per heavy atom. The van der Waals surface area contributed by atoms with Crippen LogP contribution in [-0.2, 0) is 11.3 Å². The van der Waals surface area contributed by atoms with Gasteiger partial charge in [0.15, 0.2) is 5.82 Å². The van der Waals surface area contributed by atoms with Crippen LogP contribution in [0.1, 0.15) is 12.0 Å². The largest absolute Gasteiger partial charge is 0.382 e. The highest BCUT2D eigenvalue weighted by atomic mass is 19.1. The normalized spacial score (nSPS) is 17.3. The Morgan fingerprint density at radius 3 is 2.96 bits per heavy atom. The van der Waals surface area contributed by atoms with Gasteiger partial charge in [0.25, 0.3) is 0 Å². The Balaban J connectivity index is 1.66. The number of nitrogens with zero attached hydrogens (tertiary/aromatic N) is 4. The van der Waals surface area contributed by atoms with E-state index < -0.39 is 0 Å². The van der Waals surface area contributed by atoms with Crippen molar-refractivity contribution in [3.05, 3.63) is 48.0 Å². The van der Waals surface area contributed by atoms with Crippen molar-refractivity contribution < 1.29 is 9.13 Å². The summed E-state index contributed by atoms with van der Waals surface area (Å²) < 4.78 is 19.6. The number of likely N-dealkylation sites (N-methyl/N-ethyl adjacent to an activating group) is 1. The van der Waals surface area contributed by atoms with E-state index in [2.05, 4.69) is 19.9 Å². The number of rotatable bonds is 4. The monoisotopic (exact) mass is 353 g/mol. The van der Waals surface area contributed by atoms with Gasteiger partial charge < -0.3 is 10.5 Å². The zero-order valence-corrected chi connectivity index (χ0v) is 14.5. The summed E-state index contributed by atoms with van der Waals surface area (Å²) in [6, 6.07) is 9.02. The van der Waals surface area contributed by atoms with Crippen molar-refractivity contribution in [1.82, 2.24) is 19.9 Å². The first-order chi connectivity index (χ1) is 12.6. The predicted molar refractivity (Wildman–Crippen MR) is 97.8 cm³/mol. The average Bonchev–Trinajstić information content (AvgIpc) is 3.16. The molecule has 0 bridgehead atoms. The number of hydrogen-bond donors (Lipinski definition) is 1. The van der Waals surface area contributed by atoms with Crippen LogP contribution in [0.15, 0.2) is 36.7 Å². The van der Waals surface area contributed by atoms with Gasteiger partial charge >= 0.3 is 0 Å². The molecule has 7 heteroatoms. The fraction of sp³-hybridized carbons (Fsp3) is 0.316. The molecule has 0 spiro atoms. The van der Waals surface area contributed by atoms with Crippen molar-refractivity contribution in [3.8, 4) is 11.3 Å². The number of fused-ring (bicyclic) bond motifs is 1. The molecule has 1 atom stereocenters. The van der Waals surface area contributed by atoms with Gasteiger partial charge in [-0.1, -0.05) is 0 Å². The van der Waals surface area contributed by atoms with Gasteiger partial charge in [0.2, 0.25) is 0 Å². The first-order valence-electron chi connectivity index (χ1n) is 8.55. The van der Waals surface area contributed by atoms with Crippen molar-refractivity contribution >= 4 is 16.9 Å². The molecule has 1 unspecified atom stereocenters. The summed E-state index contributed by atoms with van der Waals surface area (Å²) in [6.07, 6.45) is 2.41. The van der Waals surface area contributed by atoms with E-state index in [4.69, 9.17) is 10.5 Å². The van der Waals surface area contributed by atoms with Gasteiger partial charge in [-0.15, -0.1) is 0 Å². The standard InChI is InChI=1S/C19H20FN5O/c1-25(15-4-5-26-10-15)9-12-6-13(8-14(20)7-12)16-2-3-17-18(24-16)19(21)23-11-22-17/h2-3,6-8,11,15H,4-5,9-10H2,1H3,(H2,21,22,23). The fourth-order valence-corrected chi connectivity index (χ4v) is 3.30. The number of nitrogen functional groups attached to an aromatic ring is 1. The van der Waals surface area contributed by atoms with Crippen LogP contribution in [0.25, 0.3) is 22.3 Å². The average molecular weight is 353 g/mol. The second-order valence-corrected chi connectivity index (χ2v) is 6.60. The predicted octanol–water partition coefficient (Wildman–Crippen LogP) is 2.63. The van der Waals surface area contributed by atoms with E-state index in [1.807, 2.05) is 25.2 Å². The number of halogens is 1. The lowest BCUT2D eigenvalue weighted by atomic mass is 10.1. The third kappa shape index (κ3) is 3.36. The van der Waals surface area contributed by atoms with Gasteiger partial charge in [0.1, 0.15) is 17.7 Å². The minimum Gasteiger partial charge on any atom is -0.382 e. The maximum atomic E-state index is 14.2. The number of aromatic nitrogens is 3. The summed E-state index contributed by atoms with van der Waals surface area (Å²) in [7, 11) is 2.04. The van der Waals surface area contributed by atoms with Crippen LogP contribution in [-0.4, -0.2) is 46.2 Å². The van der Waals surface area contributed by atoms with Gasteiger partial charge in [-0.2, -0.15) is 0 Å². The minimum atomic E-state index is -0.284. The van der Waals surface area contributed by atoms with Gasteiger partial charge in [-0.25, -0.2) is 19.3 Å². The summed E-state index contributed by atoms with van der Waals surface area (Å²) in [6.45, 7) is 2.16. The van der Waals surface area contributed by atoms with E-state index in [0.717, 1.165) is 25.2 Å². The second kappa shape index (κ2) is 6.93. The Kier molecular flexibility index (Phi) is 4.48. The molecule has 2 N–H and O–H groups in total. The SMILES string of the molecule is CN(Cc1cc(F)cc(-c2ccc3ncnc(N)c3n2)c1)C1CCOC1. The molecule has 0 amide bonds. The zero-order valence-electron chi connectivity index (χ0n) is 14.5. The Labute approximate surface area is 150 Å². The lowest BCUT2D eigenvalue weighted by Gasteiger charge is -2.23. The molecule has 1 aromatic carbocycles. The third-order valence-electron chi connectivity index (χ3n) is 4.72. The van der Waals surface area contributed by atoms with Crippen LogP contribution in [0.2, 0.25) is 0 Å². The molecule has 6 nitrogen and oxygen atoms in total. The minimum absolute atomic E-state index is 0.284. The highest BCUT2D eigenvalue weighted by Gasteiger charge is 2.20. The molecule has 0 aliphatic carbocycles. The molecule has 1 fully saturated rings. The molecule has 4 rings (SSSR count). The van der Waals surface area contributed by atoms with Crippen molar-refractivity contribution in [2.24, 2.45) is 0 Å². The number of anilines is 1. The highest BCUT2D eigenvalue weighted by Crippen LogP contribution is 2.25. The molecule has 0 radical (unpaired) electrons. The second-order valence-electron chi connectivity index (χ2n) is 6.60. The number of ether oxygens (including phenoxy) is 1. The first kappa shape index (κ1) is 16.8. The molecule has 3 heterocycles. The summed E-state index contributed by atoms with van der Waals surface area (Å²) in [4.78, 5) is 14.9. The van der Waals surface area contributed by atoms with Crippen LogP contribution in [0, 0.1) is 5.82 Å². The number of nitrogens with two attached hydrogens (primary N) is 1. The summed E-state index contributed by atoms with van der Waals surface area (Å²) >= 11 is 0. The van der Waals surface area contributed by atoms with Crippen molar-refractivity contribution in [2.45, 2.75) is 19.0 Å². The van der Waals surface area contributed by atoms with Crippen molar-refractivity contribution in [2.75, 3.05) is 26.0 Å². The van der Waals surface area contributed by atoms with E-state index in [1.54, 1.807) is 6.07 Å². The van der Waals surface area contributed by atoms with Crippen LogP contribution in [0.3, 0.4) is 0 Å². The lowest BCUT2D eigenvalue weighted by Crippen LogP contribution is -2.31. The summed E-state index contributed by atoms with van der Waals surface area (Å²) in [5.41, 5.74) is 9.33. The molecular formula is C19H20FN5O. The fourth-order valence-electron chi connectivity index (χ4n) is 3.30. The molecule has 3 aromatic rings. The Hall–Kier alpha value is -2.64. The van der Waals surface area contributed by atoms with E-state index in [9.17, 15) is 4.39 Å². The lowest BCUT2D eigenvalue weighted by molar-refractivity contribution is 0.156. The molecular weight excluding hydrogens is 333 g/mol. The summed E-state index contributed by atoms with van der Waals surface area (Å²) in [5.74, 6) is 0.0298. The quantitative estimate of drug-likeness (QED) is 0.777. The number of benzene rings is 1. The first-order valence-corrected chi connectivity index (χ1v) is 8.55. The van der Waals surface area contributed by atoms with E-state index in [0.29, 0.717) is 40.7 Å². The van der Waals surface area contributed by atoms with Crippen LogP contribution < -0.4 is 5.73 Å². The number of pyridine rings is 1. The molecule has 26 heavy (non-hydrogen) atoms. The van der Waals surface area contributed by atoms with E-state index in [-0.39, 0.29) is 5.82 Å². The van der Waals surface area contributed by atoms with E-state index in [1.165, 1.54) is 12.4 Å². The topological polar surface area (TPSA) is 77.2 Å². The van der Waals surface area contributed by atoms with Gasteiger partial charge in [0, 0.05) is 24.8 Å². The van der Waals surface area contributed by atoms with E-state index >= 15 is 0 Å². The zero-order chi connectivity index (χ0) is 18.1. The Bertz CT molecular complexity index is 942. The van der Waals surface area contributed by atoms with Crippen LogP contribution >= 0.6 is 0 Å². The smallest absolute Gasteiger partial charge is 0.153 e. The third-order valence-corrected chi connectivity index (χ3v) is 4.72. The Morgan fingerprint density at radius 2 is 2.15 bits per heavy atom. The van der Waals surface area contributed by atoms with Crippen LogP contribution in [0.5, 0.6) is 0 Å². The summed E-state index contributed by atoms with van der Waals surface area (Å²) in [5, 5.41) is 0. The van der Waals surface area contributed by atoms with Gasteiger partial charge in [0.05, 0.1) is 17.8 Å². The maximum Gasteiger partial charge on any atom is 0.153 e. The molecule has 134 valence electrons. The molecule has 1 saturated heterocycles.